The van der Waals surface area contributed by atoms with Gasteiger partial charge in [-0.15, -0.1) is 0 Å². The lowest BCUT2D eigenvalue weighted by atomic mass is 10.0. The molecule has 6 heteroatoms. The highest BCUT2D eigenvalue weighted by atomic mass is 16.5. The minimum atomic E-state index is 0.469. The smallest absolute Gasteiger partial charge is 0.137 e. The molecule has 1 aliphatic heterocycles. The lowest BCUT2D eigenvalue weighted by Gasteiger charge is -2.28. The van der Waals surface area contributed by atoms with E-state index < -0.39 is 0 Å². The standard InChI is InChI=1S/C23H33N5O/c1-3-12-25-22(24)20-16-17-7-5-6-8-21(17)28-23(20)26-13-9-18(4-2)27-19-10-14-29-15-11-19/h3,5-8,12,16,18-19,27H,4,9-11,13-15H2,1-2H3,(H2,24,25)(H,26,28)/b12-3-. The summed E-state index contributed by atoms with van der Waals surface area (Å²) < 4.78 is 5.46. The second-order valence-corrected chi connectivity index (χ2v) is 7.45. The Morgan fingerprint density at radius 3 is 2.90 bits per heavy atom. The Bertz CT molecular complexity index is 842. The monoisotopic (exact) mass is 395 g/mol. The topological polar surface area (TPSA) is 84.6 Å². The summed E-state index contributed by atoms with van der Waals surface area (Å²) in [5.41, 5.74) is 8.04. The number of nitrogens with zero attached hydrogens (tertiary/aromatic N) is 2. The van der Waals surface area contributed by atoms with Crippen molar-refractivity contribution in [1.82, 2.24) is 10.3 Å². The molecule has 29 heavy (non-hydrogen) atoms. The van der Waals surface area contributed by atoms with Gasteiger partial charge in [0.15, 0.2) is 0 Å². The number of benzene rings is 1. The summed E-state index contributed by atoms with van der Waals surface area (Å²) >= 11 is 0. The average Bonchev–Trinajstić information content (AvgIpc) is 2.77. The van der Waals surface area contributed by atoms with E-state index in [1.807, 2.05) is 37.3 Å². The largest absolute Gasteiger partial charge is 0.383 e. The molecular weight excluding hydrogens is 362 g/mol. The van der Waals surface area contributed by atoms with Crippen LogP contribution < -0.4 is 16.4 Å². The molecule has 0 amide bonds. The molecular formula is C23H33N5O. The number of nitrogens with one attached hydrogen (secondary N) is 2. The van der Waals surface area contributed by atoms with Gasteiger partial charge in [0.1, 0.15) is 11.7 Å². The van der Waals surface area contributed by atoms with Crippen LogP contribution in [0.4, 0.5) is 5.82 Å². The highest BCUT2D eigenvalue weighted by Crippen LogP contribution is 2.21. The zero-order valence-electron chi connectivity index (χ0n) is 17.5. The van der Waals surface area contributed by atoms with E-state index in [0.717, 1.165) is 67.7 Å². The van der Waals surface area contributed by atoms with Gasteiger partial charge in [0.2, 0.25) is 0 Å². The Hall–Kier alpha value is -2.44. The third-order valence-corrected chi connectivity index (χ3v) is 5.33. The number of nitrogens with two attached hydrogens (primary N) is 1. The number of ether oxygens (including phenoxy) is 1. The minimum absolute atomic E-state index is 0.469. The number of aliphatic imine (C=N–C) groups is 1. The number of hydrogen-bond donors (Lipinski definition) is 3. The number of hydrogen-bond acceptors (Lipinski definition) is 5. The molecule has 1 unspecified atom stereocenters. The number of rotatable bonds is 9. The lowest BCUT2D eigenvalue weighted by molar-refractivity contribution is 0.0745. The highest BCUT2D eigenvalue weighted by molar-refractivity contribution is 6.04. The summed E-state index contributed by atoms with van der Waals surface area (Å²) in [5.74, 6) is 1.26. The van der Waals surface area contributed by atoms with E-state index in [0.29, 0.717) is 17.9 Å². The predicted octanol–water partition coefficient (Wildman–Crippen LogP) is 3.82. The van der Waals surface area contributed by atoms with Gasteiger partial charge >= 0.3 is 0 Å². The van der Waals surface area contributed by atoms with Crippen LogP contribution >= 0.6 is 0 Å². The maximum Gasteiger partial charge on any atom is 0.137 e. The third kappa shape index (κ3) is 6.02. The Kier molecular flexibility index (Phi) is 8.02. The number of anilines is 1. The molecule has 1 atom stereocenters. The van der Waals surface area contributed by atoms with E-state index in [4.69, 9.17) is 15.5 Å². The fourth-order valence-electron chi connectivity index (χ4n) is 3.64. The first-order valence-electron chi connectivity index (χ1n) is 10.6. The first-order chi connectivity index (χ1) is 14.2. The molecule has 1 fully saturated rings. The molecule has 0 radical (unpaired) electrons. The summed E-state index contributed by atoms with van der Waals surface area (Å²) in [6.07, 6.45) is 7.88. The normalized spacial score (nSPS) is 17.1. The molecule has 0 saturated carbocycles. The summed E-state index contributed by atoms with van der Waals surface area (Å²) in [5, 5.41) is 8.35. The fraction of sp³-hybridized carbons (Fsp3) is 0.478. The van der Waals surface area contributed by atoms with Crippen molar-refractivity contribution in [2.45, 2.75) is 51.6 Å². The van der Waals surface area contributed by atoms with Crippen LogP contribution in [0.25, 0.3) is 10.9 Å². The van der Waals surface area contributed by atoms with E-state index >= 15 is 0 Å². The fourth-order valence-corrected chi connectivity index (χ4v) is 3.64. The van der Waals surface area contributed by atoms with Crippen LogP contribution in [0.5, 0.6) is 0 Å². The minimum Gasteiger partial charge on any atom is -0.383 e. The van der Waals surface area contributed by atoms with Crippen molar-refractivity contribution in [2.75, 3.05) is 25.1 Å². The van der Waals surface area contributed by atoms with Crippen LogP contribution in [0.1, 0.15) is 45.1 Å². The summed E-state index contributed by atoms with van der Waals surface area (Å²) in [6, 6.07) is 11.2. The number of pyridine rings is 1. The molecule has 2 aromatic rings. The van der Waals surface area contributed by atoms with E-state index in [1.54, 1.807) is 6.20 Å². The van der Waals surface area contributed by atoms with Crippen molar-refractivity contribution in [1.29, 1.82) is 0 Å². The SMILES string of the molecule is C/C=C\N=C(N)c1cc2ccccc2nc1NCCC(CC)NC1CCOCC1. The molecule has 156 valence electrons. The van der Waals surface area contributed by atoms with Crippen LogP contribution in [0.3, 0.4) is 0 Å². The molecule has 6 nitrogen and oxygen atoms in total. The number of aromatic nitrogens is 1. The molecule has 0 aliphatic carbocycles. The average molecular weight is 396 g/mol. The maximum absolute atomic E-state index is 6.25. The van der Waals surface area contributed by atoms with Crippen molar-refractivity contribution in [2.24, 2.45) is 10.7 Å². The van der Waals surface area contributed by atoms with Crippen molar-refractivity contribution < 1.29 is 4.74 Å². The van der Waals surface area contributed by atoms with E-state index in [1.165, 1.54) is 0 Å². The van der Waals surface area contributed by atoms with Crippen LogP contribution in [0, 0.1) is 0 Å². The molecule has 1 aromatic carbocycles. The van der Waals surface area contributed by atoms with Gasteiger partial charge in [-0.2, -0.15) is 0 Å². The van der Waals surface area contributed by atoms with Gasteiger partial charge in [-0.1, -0.05) is 31.2 Å². The first kappa shape index (κ1) is 21.3. The summed E-state index contributed by atoms with van der Waals surface area (Å²) in [7, 11) is 0. The second-order valence-electron chi connectivity index (χ2n) is 7.45. The zero-order chi connectivity index (χ0) is 20.5. The zero-order valence-corrected chi connectivity index (χ0v) is 17.5. The molecule has 0 bridgehead atoms. The number of amidine groups is 1. The Labute approximate surface area is 173 Å². The Morgan fingerprint density at radius 2 is 2.14 bits per heavy atom. The number of allylic oxidation sites excluding steroid dienone is 1. The number of para-hydroxylation sites is 1. The van der Waals surface area contributed by atoms with E-state index in [9.17, 15) is 0 Å². The molecule has 2 heterocycles. The van der Waals surface area contributed by atoms with Crippen molar-refractivity contribution in [3.05, 3.63) is 48.2 Å². The van der Waals surface area contributed by atoms with Gasteiger partial charge in [-0.05, 0) is 44.7 Å². The first-order valence-corrected chi connectivity index (χ1v) is 10.6. The van der Waals surface area contributed by atoms with Gasteiger partial charge in [0.05, 0.1) is 11.1 Å². The van der Waals surface area contributed by atoms with Crippen LogP contribution in [0.2, 0.25) is 0 Å². The third-order valence-electron chi connectivity index (χ3n) is 5.33. The predicted molar refractivity (Wildman–Crippen MR) is 121 cm³/mol. The molecule has 1 aliphatic rings. The molecule has 3 rings (SSSR count). The maximum atomic E-state index is 6.25. The summed E-state index contributed by atoms with van der Waals surface area (Å²) in [6.45, 7) is 6.70. The van der Waals surface area contributed by atoms with Gasteiger partial charge in [-0.25, -0.2) is 9.98 Å². The second kappa shape index (κ2) is 10.9. The molecule has 0 spiro atoms. The molecule has 1 aromatic heterocycles. The number of fused-ring (bicyclic) bond motifs is 1. The van der Waals surface area contributed by atoms with Crippen LogP contribution in [-0.4, -0.2) is 42.7 Å². The van der Waals surface area contributed by atoms with Gasteiger partial charge < -0.3 is 21.1 Å². The van der Waals surface area contributed by atoms with E-state index in [-0.39, 0.29) is 0 Å². The summed E-state index contributed by atoms with van der Waals surface area (Å²) in [4.78, 5) is 9.14. The van der Waals surface area contributed by atoms with Crippen molar-refractivity contribution in [3.63, 3.8) is 0 Å². The van der Waals surface area contributed by atoms with Gasteiger partial charge in [-0.3, -0.25) is 0 Å². The highest BCUT2D eigenvalue weighted by Gasteiger charge is 2.17. The quantitative estimate of drug-likeness (QED) is 0.444. The van der Waals surface area contributed by atoms with Crippen LogP contribution in [-0.2, 0) is 4.74 Å². The van der Waals surface area contributed by atoms with E-state index in [2.05, 4.69) is 28.6 Å². The van der Waals surface area contributed by atoms with Crippen molar-refractivity contribution in [3.8, 4) is 0 Å². The molecule has 1 saturated heterocycles. The van der Waals surface area contributed by atoms with Crippen molar-refractivity contribution >= 4 is 22.6 Å². The van der Waals surface area contributed by atoms with Gasteiger partial charge in [0.25, 0.3) is 0 Å². The molecule has 4 N–H and O–H groups in total. The Morgan fingerprint density at radius 1 is 1.34 bits per heavy atom. The van der Waals surface area contributed by atoms with Crippen LogP contribution in [0.15, 0.2) is 47.6 Å². The lowest BCUT2D eigenvalue weighted by Crippen LogP contribution is -2.42. The van der Waals surface area contributed by atoms with Gasteiger partial charge in [0, 0.05) is 43.4 Å². The Balaban J connectivity index is 1.70.